The lowest BCUT2D eigenvalue weighted by atomic mass is 9.61. The van der Waals surface area contributed by atoms with Gasteiger partial charge in [-0.3, -0.25) is 4.90 Å². The lowest BCUT2D eigenvalue weighted by Crippen LogP contribution is -2.66. The number of likely N-dealkylation sites (tertiary alicyclic amines) is 1. The normalized spacial score (nSPS) is 36.5. The van der Waals surface area contributed by atoms with Crippen molar-refractivity contribution in [1.82, 2.24) is 4.90 Å². The van der Waals surface area contributed by atoms with Crippen LogP contribution in [0.1, 0.15) is 66.2 Å². The van der Waals surface area contributed by atoms with Crippen LogP contribution in [0.4, 0.5) is 0 Å². The molecule has 1 atom stereocenters. The minimum atomic E-state index is 0.253. The third-order valence-corrected chi connectivity index (χ3v) is 5.75. The van der Waals surface area contributed by atoms with E-state index in [9.17, 15) is 0 Å². The Hall–Kier alpha value is -0.0800. The molecule has 0 amide bonds. The van der Waals surface area contributed by atoms with Crippen molar-refractivity contribution < 1.29 is 0 Å². The summed E-state index contributed by atoms with van der Waals surface area (Å²) in [6.45, 7) is 13.0. The molecule has 0 aromatic heterocycles. The molecule has 0 bridgehead atoms. The highest BCUT2D eigenvalue weighted by molar-refractivity contribution is 5.06. The van der Waals surface area contributed by atoms with Crippen molar-refractivity contribution >= 4 is 0 Å². The van der Waals surface area contributed by atoms with Gasteiger partial charge in [0.25, 0.3) is 0 Å². The molecule has 1 aliphatic carbocycles. The summed E-state index contributed by atoms with van der Waals surface area (Å²) < 4.78 is 0. The lowest BCUT2D eigenvalue weighted by molar-refractivity contribution is -0.0760. The molecule has 0 aromatic carbocycles. The number of rotatable bonds is 2. The Balaban J connectivity index is 2.25. The smallest absolute Gasteiger partial charge is 0.0382 e. The number of nitrogens with two attached hydrogens (primary N) is 1. The Kier molecular flexibility index (Phi) is 3.81. The van der Waals surface area contributed by atoms with Crippen LogP contribution >= 0.6 is 0 Å². The van der Waals surface area contributed by atoms with Gasteiger partial charge in [0, 0.05) is 18.6 Å². The fraction of sp³-hybridized carbons (Fsp3) is 1.00. The average Bonchev–Trinajstić information content (AvgIpc) is 2.27. The fourth-order valence-corrected chi connectivity index (χ4v) is 4.44. The first kappa shape index (κ1) is 14.3. The van der Waals surface area contributed by atoms with Gasteiger partial charge >= 0.3 is 0 Å². The van der Waals surface area contributed by atoms with Gasteiger partial charge in [-0.25, -0.2) is 0 Å². The van der Waals surface area contributed by atoms with Gasteiger partial charge in [0.15, 0.2) is 0 Å². The summed E-state index contributed by atoms with van der Waals surface area (Å²) in [6, 6.07) is 0. The Morgan fingerprint density at radius 2 is 1.61 bits per heavy atom. The second-order valence-corrected chi connectivity index (χ2v) is 8.02. The molecule has 18 heavy (non-hydrogen) atoms. The maximum Gasteiger partial charge on any atom is 0.0382 e. The molecular formula is C16H32N2. The lowest BCUT2D eigenvalue weighted by Gasteiger charge is -2.59. The summed E-state index contributed by atoms with van der Waals surface area (Å²) in [5.74, 6) is 0. The molecule has 0 aromatic rings. The van der Waals surface area contributed by atoms with Gasteiger partial charge in [0.2, 0.25) is 0 Å². The minimum absolute atomic E-state index is 0.253. The molecule has 2 rings (SSSR count). The largest absolute Gasteiger partial charge is 0.329 e. The average molecular weight is 252 g/mol. The maximum atomic E-state index is 6.29. The molecule has 2 N–H and O–H groups in total. The molecule has 2 heteroatoms. The predicted molar refractivity (Wildman–Crippen MR) is 78.6 cm³/mol. The Morgan fingerprint density at radius 1 is 0.944 bits per heavy atom. The fourth-order valence-electron chi connectivity index (χ4n) is 4.44. The van der Waals surface area contributed by atoms with Crippen LogP contribution in [0.25, 0.3) is 0 Å². The van der Waals surface area contributed by atoms with Crippen LogP contribution in [0.5, 0.6) is 0 Å². The first-order chi connectivity index (χ1) is 8.33. The van der Waals surface area contributed by atoms with Crippen LogP contribution in [-0.2, 0) is 0 Å². The minimum Gasteiger partial charge on any atom is -0.329 e. The predicted octanol–water partition coefficient (Wildman–Crippen LogP) is 3.41. The van der Waals surface area contributed by atoms with Crippen LogP contribution in [0, 0.1) is 10.8 Å². The van der Waals surface area contributed by atoms with Gasteiger partial charge in [-0.1, -0.05) is 40.5 Å². The van der Waals surface area contributed by atoms with Crippen molar-refractivity contribution in [3.05, 3.63) is 0 Å². The van der Waals surface area contributed by atoms with Gasteiger partial charge < -0.3 is 5.73 Å². The van der Waals surface area contributed by atoms with E-state index >= 15 is 0 Å². The van der Waals surface area contributed by atoms with Gasteiger partial charge in [0.1, 0.15) is 0 Å². The van der Waals surface area contributed by atoms with Crippen molar-refractivity contribution in [2.75, 3.05) is 19.6 Å². The molecule has 2 nitrogen and oxygen atoms in total. The quantitative estimate of drug-likeness (QED) is 0.816. The zero-order valence-electron chi connectivity index (χ0n) is 12.9. The van der Waals surface area contributed by atoms with Crippen LogP contribution in [0.15, 0.2) is 0 Å². The van der Waals surface area contributed by atoms with E-state index in [0.717, 1.165) is 6.54 Å². The highest BCUT2D eigenvalue weighted by Crippen LogP contribution is 2.49. The third kappa shape index (κ3) is 2.34. The summed E-state index contributed by atoms with van der Waals surface area (Å²) in [5, 5.41) is 0. The Morgan fingerprint density at radius 3 is 2.17 bits per heavy atom. The van der Waals surface area contributed by atoms with Crippen LogP contribution in [-0.4, -0.2) is 30.1 Å². The van der Waals surface area contributed by atoms with Crippen LogP contribution in [0.2, 0.25) is 0 Å². The second kappa shape index (κ2) is 4.79. The summed E-state index contributed by atoms with van der Waals surface area (Å²) in [6.07, 6.45) is 8.08. The molecule has 1 unspecified atom stereocenters. The highest BCUT2D eigenvalue weighted by Gasteiger charge is 2.50. The van der Waals surface area contributed by atoms with Crippen LogP contribution < -0.4 is 5.73 Å². The molecular weight excluding hydrogens is 220 g/mol. The van der Waals surface area contributed by atoms with Crippen molar-refractivity contribution in [2.45, 2.75) is 71.8 Å². The van der Waals surface area contributed by atoms with Crippen molar-refractivity contribution in [1.29, 1.82) is 0 Å². The number of nitrogens with zero attached hydrogens (tertiary/aromatic N) is 1. The second-order valence-electron chi connectivity index (χ2n) is 8.02. The number of hydrogen-bond acceptors (Lipinski definition) is 2. The van der Waals surface area contributed by atoms with E-state index in [1.165, 1.54) is 51.6 Å². The Labute approximate surface area is 113 Å². The number of piperidine rings is 1. The van der Waals surface area contributed by atoms with Crippen LogP contribution in [0.3, 0.4) is 0 Å². The molecule has 2 fully saturated rings. The highest BCUT2D eigenvalue weighted by atomic mass is 15.2. The SMILES string of the molecule is CC1(C)CCCN(C2(CN)CCCCC2(C)C)C1. The number of hydrogen-bond donors (Lipinski definition) is 1. The van der Waals surface area contributed by atoms with Crippen molar-refractivity contribution in [3.63, 3.8) is 0 Å². The summed E-state index contributed by atoms with van der Waals surface area (Å²) >= 11 is 0. The van der Waals surface area contributed by atoms with E-state index < -0.39 is 0 Å². The topological polar surface area (TPSA) is 29.3 Å². The van der Waals surface area contributed by atoms with E-state index in [1.807, 2.05) is 0 Å². The zero-order valence-corrected chi connectivity index (χ0v) is 12.9. The van der Waals surface area contributed by atoms with Gasteiger partial charge in [-0.05, 0) is 43.1 Å². The molecule has 1 saturated carbocycles. The van der Waals surface area contributed by atoms with Crippen molar-refractivity contribution in [2.24, 2.45) is 16.6 Å². The zero-order chi connectivity index (χ0) is 13.4. The van der Waals surface area contributed by atoms with E-state index in [0.29, 0.717) is 10.8 Å². The standard InChI is InChI=1S/C16H32N2/c1-14(2)8-7-11-18(13-14)16(12-17)10-6-5-9-15(16,3)4/h5-13,17H2,1-4H3. The van der Waals surface area contributed by atoms with E-state index in [4.69, 9.17) is 5.73 Å². The van der Waals surface area contributed by atoms with Gasteiger partial charge in [-0.2, -0.15) is 0 Å². The molecule has 1 aliphatic heterocycles. The molecule has 0 radical (unpaired) electrons. The summed E-state index contributed by atoms with van der Waals surface area (Å²) in [5.41, 5.74) is 7.38. The van der Waals surface area contributed by atoms with Crippen molar-refractivity contribution in [3.8, 4) is 0 Å². The molecule has 106 valence electrons. The molecule has 2 aliphatic rings. The third-order valence-electron chi connectivity index (χ3n) is 5.75. The summed E-state index contributed by atoms with van der Waals surface area (Å²) in [4.78, 5) is 2.76. The molecule has 0 spiro atoms. The monoisotopic (exact) mass is 252 g/mol. The Bertz CT molecular complexity index is 295. The summed E-state index contributed by atoms with van der Waals surface area (Å²) in [7, 11) is 0. The maximum absolute atomic E-state index is 6.29. The van der Waals surface area contributed by atoms with E-state index in [-0.39, 0.29) is 5.54 Å². The van der Waals surface area contributed by atoms with E-state index in [2.05, 4.69) is 32.6 Å². The molecule has 1 heterocycles. The van der Waals surface area contributed by atoms with Gasteiger partial charge in [0.05, 0.1) is 0 Å². The van der Waals surface area contributed by atoms with Gasteiger partial charge in [-0.15, -0.1) is 0 Å². The first-order valence-electron chi connectivity index (χ1n) is 7.78. The first-order valence-corrected chi connectivity index (χ1v) is 7.78. The molecule has 1 saturated heterocycles. The van der Waals surface area contributed by atoms with E-state index in [1.54, 1.807) is 0 Å².